The molecule has 0 saturated carbocycles. The fourth-order valence-electron chi connectivity index (χ4n) is 3.73. The number of aromatic amines is 1. The van der Waals surface area contributed by atoms with Gasteiger partial charge in [0.05, 0.1) is 6.04 Å². The molecule has 1 aliphatic heterocycles. The van der Waals surface area contributed by atoms with Crippen molar-refractivity contribution in [3.63, 3.8) is 0 Å². The normalized spacial score (nSPS) is 16.7. The third-order valence-electron chi connectivity index (χ3n) is 4.73. The molecule has 1 aromatic carbocycles. The van der Waals surface area contributed by atoms with Crippen molar-refractivity contribution in [2.45, 2.75) is 40.2 Å². The summed E-state index contributed by atoms with van der Waals surface area (Å²) in [7, 11) is 0. The average Bonchev–Trinajstić information content (AvgIpc) is 2.92. The van der Waals surface area contributed by atoms with Crippen LogP contribution >= 0.6 is 11.6 Å². The molecule has 0 saturated heterocycles. The van der Waals surface area contributed by atoms with Crippen LogP contribution in [0.3, 0.4) is 0 Å². The van der Waals surface area contributed by atoms with Gasteiger partial charge in [-0.3, -0.25) is 0 Å². The van der Waals surface area contributed by atoms with Gasteiger partial charge in [-0.05, 0) is 57.9 Å². The first-order valence-electron chi connectivity index (χ1n) is 8.83. The molecule has 0 amide bonds. The van der Waals surface area contributed by atoms with Gasteiger partial charge in [0.1, 0.15) is 11.6 Å². The number of rotatable bonds is 2. The van der Waals surface area contributed by atoms with E-state index in [1.807, 2.05) is 19.9 Å². The number of nitrogens with zero attached hydrogens (tertiary/aromatic N) is 4. The smallest absolute Gasteiger partial charge is 0.229 e. The van der Waals surface area contributed by atoms with Crippen molar-refractivity contribution in [2.24, 2.45) is 0 Å². The summed E-state index contributed by atoms with van der Waals surface area (Å²) in [4.78, 5) is 19.4. The number of allylic oxidation sites excluding steroid dienone is 1. The van der Waals surface area contributed by atoms with Gasteiger partial charge in [-0.1, -0.05) is 23.3 Å². The van der Waals surface area contributed by atoms with Crippen LogP contribution in [0.5, 0.6) is 0 Å². The molecule has 134 valence electrons. The van der Waals surface area contributed by atoms with Crippen molar-refractivity contribution in [2.75, 3.05) is 11.4 Å². The largest absolute Gasteiger partial charge is 0.356 e. The number of aromatic nitrogens is 4. The lowest BCUT2D eigenvalue weighted by Crippen LogP contribution is -2.36. The summed E-state index contributed by atoms with van der Waals surface area (Å²) >= 11 is 6.24. The monoisotopic (exact) mass is 367 g/mol. The Morgan fingerprint density at radius 1 is 1.19 bits per heavy atom. The molecule has 0 spiro atoms. The van der Waals surface area contributed by atoms with E-state index in [0.717, 1.165) is 41.1 Å². The van der Waals surface area contributed by atoms with Crippen LogP contribution < -0.4 is 4.90 Å². The molecule has 3 heterocycles. The minimum atomic E-state index is 0.0659. The Balaban J connectivity index is 1.88. The standard InChI is InChI=1S/C20H22ClN5/c1-11(2)9-18-19-15(16-10-14(21)5-6-17(16)25-19)7-8-26(18)20-23-12(3)22-13(4)24-20/h5-6,9-10,18,25H,7-8H2,1-4H3/t18-/m0/s1. The highest BCUT2D eigenvalue weighted by Gasteiger charge is 2.31. The predicted octanol–water partition coefficient (Wildman–Crippen LogP) is 4.69. The molecular formula is C20H22ClN5. The highest BCUT2D eigenvalue weighted by atomic mass is 35.5. The molecule has 0 bridgehead atoms. The molecule has 3 aromatic rings. The fourth-order valence-corrected chi connectivity index (χ4v) is 3.90. The van der Waals surface area contributed by atoms with Gasteiger partial charge in [-0.2, -0.15) is 9.97 Å². The second kappa shape index (κ2) is 6.40. The Labute approximate surface area is 158 Å². The zero-order valence-electron chi connectivity index (χ0n) is 15.5. The molecule has 1 atom stereocenters. The van der Waals surface area contributed by atoms with E-state index in [4.69, 9.17) is 11.6 Å². The molecule has 4 rings (SSSR count). The minimum absolute atomic E-state index is 0.0659. The highest BCUT2D eigenvalue weighted by Crippen LogP contribution is 2.38. The van der Waals surface area contributed by atoms with E-state index in [9.17, 15) is 0 Å². The van der Waals surface area contributed by atoms with Gasteiger partial charge in [0.25, 0.3) is 0 Å². The van der Waals surface area contributed by atoms with Crippen molar-refractivity contribution < 1.29 is 0 Å². The Bertz CT molecular complexity index is 996. The van der Waals surface area contributed by atoms with Crippen LogP contribution in [0.4, 0.5) is 5.95 Å². The summed E-state index contributed by atoms with van der Waals surface area (Å²) in [6.07, 6.45) is 3.19. The van der Waals surface area contributed by atoms with Crippen LogP contribution in [-0.4, -0.2) is 26.5 Å². The van der Waals surface area contributed by atoms with E-state index in [1.165, 1.54) is 22.2 Å². The number of hydrogen-bond acceptors (Lipinski definition) is 4. The van der Waals surface area contributed by atoms with Gasteiger partial charge >= 0.3 is 0 Å². The summed E-state index contributed by atoms with van der Waals surface area (Å²) < 4.78 is 0. The Morgan fingerprint density at radius 2 is 1.92 bits per heavy atom. The summed E-state index contributed by atoms with van der Waals surface area (Å²) in [5.41, 5.74) is 4.91. The van der Waals surface area contributed by atoms with Crippen LogP contribution in [0.2, 0.25) is 5.02 Å². The maximum absolute atomic E-state index is 6.24. The molecule has 1 N–H and O–H groups in total. The lowest BCUT2D eigenvalue weighted by atomic mass is 9.96. The second-order valence-corrected chi connectivity index (χ2v) is 7.51. The van der Waals surface area contributed by atoms with Gasteiger partial charge in [0.15, 0.2) is 0 Å². The predicted molar refractivity (Wildman–Crippen MR) is 106 cm³/mol. The van der Waals surface area contributed by atoms with Crippen LogP contribution in [0, 0.1) is 13.8 Å². The van der Waals surface area contributed by atoms with Crippen molar-refractivity contribution in [3.05, 3.63) is 57.8 Å². The maximum atomic E-state index is 6.24. The lowest BCUT2D eigenvalue weighted by Gasteiger charge is -2.34. The maximum Gasteiger partial charge on any atom is 0.229 e. The van der Waals surface area contributed by atoms with Crippen LogP contribution in [-0.2, 0) is 6.42 Å². The van der Waals surface area contributed by atoms with Crippen LogP contribution in [0.25, 0.3) is 10.9 Å². The van der Waals surface area contributed by atoms with Crippen molar-refractivity contribution >= 4 is 28.5 Å². The van der Waals surface area contributed by atoms with Gasteiger partial charge in [-0.25, -0.2) is 4.98 Å². The van der Waals surface area contributed by atoms with Crippen LogP contribution in [0.15, 0.2) is 29.8 Å². The molecule has 0 unspecified atom stereocenters. The first kappa shape index (κ1) is 17.0. The number of halogens is 1. The first-order chi connectivity index (χ1) is 12.4. The Hall–Kier alpha value is -2.40. The van der Waals surface area contributed by atoms with E-state index in [2.05, 4.69) is 56.9 Å². The summed E-state index contributed by atoms with van der Waals surface area (Å²) in [5, 5.41) is 1.98. The number of aryl methyl sites for hydroxylation is 2. The van der Waals surface area contributed by atoms with Gasteiger partial charge in [0, 0.05) is 28.2 Å². The summed E-state index contributed by atoms with van der Waals surface area (Å²) in [6, 6.07) is 6.10. The zero-order valence-corrected chi connectivity index (χ0v) is 16.2. The number of nitrogens with one attached hydrogen (secondary N) is 1. The lowest BCUT2D eigenvalue weighted by molar-refractivity contribution is 0.631. The molecule has 0 aliphatic carbocycles. The zero-order chi connectivity index (χ0) is 18.4. The van der Waals surface area contributed by atoms with Crippen molar-refractivity contribution in [1.29, 1.82) is 0 Å². The van der Waals surface area contributed by atoms with Crippen molar-refractivity contribution in [3.8, 4) is 0 Å². The topological polar surface area (TPSA) is 57.7 Å². The Morgan fingerprint density at radius 3 is 2.62 bits per heavy atom. The minimum Gasteiger partial charge on any atom is -0.356 e. The first-order valence-corrected chi connectivity index (χ1v) is 9.21. The third kappa shape index (κ3) is 2.97. The number of hydrogen-bond donors (Lipinski definition) is 1. The number of fused-ring (bicyclic) bond motifs is 3. The van der Waals surface area contributed by atoms with Gasteiger partial charge in [-0.15, -0.1) is 0 Å². The average molecular weight is 368 g/mol. The Kier molecular flexibility index (Phi) is 4.19. The van der Waals surface area contributed by atoms with Gasteiger partial charge in [0.2, 0.25) is 5.95 Å². The molecule has 2 aromatic heterocycles. The number of benzene rings is 1. The van der Waals surface area contributed by atoms with Gasteiger partial charge < -0.3 is 9.88 Å². The number of H-pyrrole nitrogens is 1. The number of anilines is 1. The molecule has 0 radical (unpaired) electrons. The van der Waals surface area contributed by atoms with E-state index >= 15 is 0 Å². The fraction of sp³-hybridized carbons (Fsp3) is 0.350. The highest BCUT2D eigenvalue weighted by molar-refractivity contribution is 6.31. The van der Waals surface area contributed by atoms with E-state index in [0.29, 0.717) is 0 Å². The molecule has 6 heteroatoms. The molecular weight excluding hydrogens is 346 g/mol. The SMILES string of the molecule is CC(C)=C[C@H]1c2[nH]c3ccc(Cl)cc3c2CCN1c1nc(C)nc(C)n1. The van der Waals surface area contributed by atoms with Crippen LogP contribution in [0.1, 0.15) is 42.8 Å². The van der Waals surface area contributed by atoms with E-state index in [-0.39, 0.29) is 6.04 Å². The van der Waals surface area contributed by atoms with E-state index < -0.39 is 0 Å². The summed E-state index contributed by atoms with van der Waals surface area (Å²) in [6.45, 7) is 8.92. The van der Waals surface area contributed by atoms with E-state index in [1.54, 1.807) is 0 Å². The second-order valence-electron chi connectivity index (χ2n) is 7.07. The summed E-state index contributed by atoms with van der Waals surface area (Å²) in [5.74, 6) is 2.23. The quantitative estimate of drug-likeness (QED) is 0.667. The molecule has 26 heavy (non-hydrogen) atoms. The molecule has 1 aliphatic rings. The third-order valence-corrected chi connectivity index (χ3v) is 4.97. The van der Waals surface area contributed by atoms with Crippen molar-refractivity contribution in [1.82, 2.24) is 19.9 Å². The molecule has 0 fully saturated rings. The molecule has 5 nitrogen and oxygen atoms in total.